The lowest BCUT2D eigenvalue weighted by molar-refractivity contribution is 0.181. The van der Waals surface area contributed by atoms with E-state index in [-0.39, 0.29) is 0 Å². The summed E-state index contributed by atoms with van der Waals surface area (Å²) < 4.78 is 6.29. The molecule has 112 valence electrons. The Morgan fingerprint density at radius 3 is 2.43 bits per heavy atom. The van der Waals surface area contributed by atoms with Crippen molar-refractivity contribution in [1.29, 1.82) is 0 Å². The van der Waals surface area contributed by atoms with E-state index in [1.165, 1.54) is 11.1 Å². The first-order valence-electron chi connectivity index (χ1n) is 6.94. The Kier molecular flexibility index (Phi) is 5.52. The molecule has 2 rings (SSSR count). The molecule has 2 aromatic rings. The lowest BCUT2D eigenvalue weighted by Crippen LogP contribution is -2.09. The van der Waals surface area contributed by atoms with Crippen molar-refractivity contribution in [2.75, 3.05) is 19.0 Å². The van der Waals surface area contributed by atoms with E-state index in [2.05, 4.69) is 66.9 Å². The van der Waals surface area contributed by atoms with E-state index in [0.717, 1.165) is 33.0 Å². The highest BCUT2D eigenvalue weighted by Gasteiger charge is 2.15. The zero-order valence-corrected chi connectivity index (χ0v) is 15.0. The fourth-order valence-corrected chi connectivity index (χ4v) is 2.88. The quantitative estimate of drug-likeness (QED) is 0.777. The molecule has 1 N–H and O–H groups in total. The summed E-state index contributed by atoms with van der Waals surface area (Å²) in [4.78, 5) is 9.42. The average Bonchev–Trinajstić information content (AvgIpc) is 2.44. The number of nitrogens with zero attached hydrogens (tertiary/aromatic N) is 2. The SMILES string of the molecule is CCNc1nc(-c2c(C)cccc2C)nc(COC)c1I. The minimum atomic E-state index is 0.483. The van der Waals surface area contributed by atoms with Gasteiger partial charge in [-0.15, -0.1) is 0 Å². The van der Waals surface area contributed by atoms with Crippen LogP contribution in [0.1, 0.15) is 23.7 Å². The van der Waals surface area contributed by atoms with Crippen molar-refractivity contribution < 1.29 is 4.74 Å². The molecule has 0 amide bonds. The van der Waals surface area contributed by atoms with Crippen LogP contribution in [0.4, 0.5) is 5.82 Å². The van der Waals surface area contributed by atoms with Crippen LogP contribution in [0, 0.1) is 17.4 Å². The molecule has 5 heteroatoms. The van der Waals surface area contributed by atoms with Crippen LogP contribution in [0.25, 0.3) is 11.4 Å². The molecular formula is C16H20IN3O. The summed E-state index contributed by atoms with van der Waals surface area (Å²) in [7, 11) is 1.68. The molecule has 0 saturated heterocycles. The maximum absolute atomic E-state index is 5.27. The number of nitrogens with one attached hydrogen (secondary N) is 1. The summed E-state index contributed by atoms with van der Waals surface area (Å²) >= 11 is 2.27. The predicted octanol–water partition coefficient (Wildman–Crippen LogP) is 3.94. The van der Waals surface area contributed by atoms with Crippen LogP contribution in [-0.4, -0.2) is 23.6 Å². The minimum absolute atomic E-state index is 0.483. The highest BCUT2D eigenvalue weighted by Crippen LogP contribution is 2.28. The van der Waals surface area contributed by atoms with Crippen molar-refractivity contribution in [2.45, 2.75) is 27.4 Å². The Labute approximate surface area is 139 Å². The molecule has 21 heavy (non-hydrogen) atoms. The van der Waals surface area contributed by atoms with Crippen LogP contribution >= 0.6 is 22.6 Å². The maximum Gasteiger partial charge on any atom is 0.162 e. The highest BCUT2D eigenvalue weighted by atomic mass is 127. The Balaban J connectivity index is 2.63. The highest BCUT2D eigenvalue weighted by molar-refractivity contribution is 14.1. The topological polar surface area (TPSA) is 47.0 Å². The normalized spacial score (nSPS) is 10.7. The fourth-order valence-electron chi connectivity index (χ4n) is 2.29. The van der Waals surface area contributed by atoms with Gasteiger partial charge in [-0.2, -0.15) is 0 Å². The first-order valence-corrected chi connectivity index (χ1v) is 8.02. The molecule has 0 bridgehead atoms. The van der Waals surface area contributed by atoms with Gasteiger partial charge in [0.1, 0.15) is 5.82 Å². The molecule has 1 aromatic heterocycles. The number of aryl methyl sites for hydroxylation is 2. The first kappa shape index (κ1) is 16.2. The van der Waals surface area contributed by atoms with Crippen LogP contribution in [0.15, 0.2) is 18.2 Å². The van der Waals surface area contributed by atoms with Crippen LogP contribution in [0.2, 0.25) is 0 Å². The monoisotopic (exact) mass is 397 g/mol. The largest absolute Gasteiger partial charge is 0.378 e. The third-order valence-electron chi connectivity index (χ3n) is 3.25. The van der Waals surface area contributed by atoms with E-state index >= 15 is 0 Å². The number of anilines is 1. The third-order valence-corrected chi connectivity index (χ3v) is 4.38. The van der Waals surface area contributed by atoms with Gasteiger partial charge in [0, 0.05) is 19.2 Å². The smallest absolute Gasteiger partial charge is 0.162 e. The second kappa shape index (κ2) is 7.17. The molecule has 0 aliphatic heterocycles. The second-order valence-corrected chi connectivity index (χ2v) is 5.97. The van der Waals surface area contributed by atoms with E-state index in [1.54, 1.807) is 7.11 Å². The first-order chi connectivity index (χ1) is 10.1. The van der Waals surface area contributed by atoms with Gasteiger partial charge in [-0.3, -0.25) is 0 Å². The molecule has 0 aliphatic rings. The Hall–Kier alpha value is -1.21. The Morgan fingerprint density at radius 1 is 1.19 bits per heavy atom. The van der Waals surface area contributed by atoms with Crippen molar-refractivity contribution in [2.24, 2.45) is 0 Å². The summed E-state index contributed by atoms with van der Waals surface area (Å²) in [6.45, 7) is 7.55. The van der Waals surface area contributed by atoms with Gasteiger partial charge in [-0.05, 0) is 54.5 Å². The molecule has 1 aromatic carbocycles. The van der Waals surface area contributed by atoms with E-state index in [9.17, 15) is 0 Å². The number of benzene rings is 1. The zero-order valence-electron chi connectivity index (χ0n) is 12.8. The molecule has 0 radical (unpaired) electrons. The number of hydrogen-bond donors (Lipinski definition) is 1. The van der Waals surface area contributed by atoms with Gasteiger partial charge in [0.15, 0.2) is 5.82 Å². The van der Waals surface area contributed by atoms with E-state index in [1.807, 2.05) is 0 Å². The Bertz CT molecular complexity index is 596. The number of aromatic nitrogens is 2. The summed E-state index contributed by atoms with van der Waals surface area (Å²) in [6.07, 6.45) is 0. The number of halogens is 1. The van der Waals surface area contributed by atoms with Crippen molar-refractivity contribution in [3.05, 3.63) is 38.6 Å². The van der Waals surface area contributed by atoms with Gasteiger partial charge < -0.3 is 10.1 Å². The second-order valence-electron chi connectivity index (χ2n) is 4.89. The molecule has 0 atom stereocenters. The summed E-state index contributed by atoms with van der Waals surface area (Å²) in [5.74, 6) is 1.63. The van der Waals surface area contributed by atoms with Crippen LogP contribution in [0.5, 0.6) is 0 Å². The summed E-state index contributed by atoms with van der Waals surface area (Å²) in [5, 5.41) is 3.31. The lowest BCUT2D eigenvalue weighted by Gasteiger charge is -2.14. The number of methoxy groups -OCH3 is 1. The van der Waals surface area contributed by atoms with Crippen LogP contribution < -0.4 is 5.32 Å². The lowest BCUT2D eigenvalue weighted by atomic mass is 10.0. The van der Waals surface area contributed by atoms with Crippen LogP contribution in [-0.2, 0) is 11.3 Å². The molecule has 0 aliphatic carbocycles. The molecule has 0 saturated carbocycles. The van der Waals surface area contributed by atoms with Crippen molar-refractivity contribution >= 4 is 28.4 Å². The van der Waals surface area contributed by atoms with Crippen LogP contribution in [0.3, 0.4) is 0 Å². The molecule has 1 heterocycles. The van der Waals surface area contributed by atoms with E-state index in [0.29, 0.717) is 6.61 Å². The van der Waals surface area contributed by atoms with Gasteiger partial charge in [0.25, 0.3) is 0 Å². The van der Waals surface area contributed by atoms with Gasteiger partial charge in [-0.25, -0.2) is 9.97 Å². The standard InChI is InChI=1S/C16H20IN3O/c1-5-18-16-14(17)12(9-21-4)19-15(20-16)13-10(2)7-6-8-11(13)3/h6-8H,5,9H2,1-4H3,(H,18,19,20). The van der Waals surface area contributed by atoms with Gasteiger partial charge >= 0.3 is 0 Å². The minimum Gasteiger partial charge on any atom is -0.378 e. The van der Waals surface area contributed by atoms with Crippen molar-refractivity contribution in [3.8, 4) is 11.4 Å². The number of hydrogen-bond acceptors (Lipinski definition) is 4. The molecule has 4 nitrogen and oxygen atoms in total. The molecule has 0 spiro atoms. The summed E-state index contributed by atoms with van der Waals surface area (Å²) in [5.41, 5.74) is 4.39. The predicted molar refractivity (Wildman–Crippen MR) is 94.5 cm³/mol. The average molecular weight is 397 g/mol. The van der Waals surface area contributed by atoms with E-state index in [4.69, 9.17) is 14.7 Å². The fraction of sp³-hybridized carbons (Fsp3) is 0.375. The number of ether oxygens (including phenoxy) is 1. The maximum atomic E-state index is 5.27. The molecular weight excluding hydrogens is 377 g/mol. The number of rotatable bonds is 5. The zero-order chi connectivity index (χ0) is 15.4. The van der Waals surface area contributed by atoms with Gasteiger partial charge in [-0.1, -0.05) is 18.2 Å². The molecule has 0 fully saturated rings. The van der Waals surface area contributed by atoms with Crippen molar-refractivity contribution in [3.63, 3.8) is 0 Å². The Morgan fingerprint density at radius 2 is 1.86 bits per heavy atom. The van der Waals surface area contributed by atoms with Gasteiger partial charge in [0.05, 0.1) is 15.9 Å². The van der Waals surface area contributed by atoms with E-state index < -0.39 is 0 Å². The van der Waals surface area contributed by atoms with Gasteiger partial charge in [0.2, 0.25) is 0 Å². The van der Waals surface area contributed by atoms with Crippen molar-refractivity contribution in [1.82, 2.24) is 9.97 Å². The third kappa shape index (κ3) is 3.52. The molecule has 0 unspecified atom stereocenters. The summed E-state index contributed by atoms with van der Waals surface area (Å²) in [6, 6.07) is 6.24.